The molecule has 0 amide bonds. The summed E-state index contributed by atoms with van der Waals surface area (Å²) in [6.07, 6.45) is 3.67. The Kier molecular flexibility index (Phi) is 4.14. The first-order valence-corrected chi connectivity index (χ1v) is 6.17. The van der Waals surface area contributed by atoms with Crippen molar-refractivity contribution >= 4 is 11.6 Å². The number of hydrogen-bond donors (Lipinski definition) is 2. The number of rotatable bonds is 4. The van der Waals surface area contributed by atoms with E-state index in [9.17, 15) is 0 Å². The molecule has 2 heterocycles. The van der Waals surface area contributed by atoms with Gasteiger partial charge in [0.05, 0.1) is 0 Å². The molecule has 1 aromatic rings. The maximum atomic E-state index is 5.33. The van der Waals surface area contributed by atoms with Crippen LogP contribution in [0.3, 0.4) is 0 Å². The van der Waals surface area contributed by atoms with Crippen molar-refractivity contribution in [3.63, 3.8) is 0 Å². The van der Waals surface area contributed by atoms with Gasteiger partial charge >= 0.3 is 0 Å². The predicted molar refractivity (Wildman–Crippen MR) is 68.3 cm³/mol. The van der Waals surface area contributed by atoms with Crippen LogP contribution in [0.1, 0.15) is 26.7 Å². The van der Waals surface area contributed by atoms with Crippen molar-refractivity contribution < 1.29 is 4.74 Å². The number of anilines is 2. The summed E-state index contributed by atoms with van der Waals surface area (Å²) in [6.45, 7) is 5.85. The molecule has 0 bridgehead atoms. The molecule has 0 atom stereocenters. The standard InChI is InChI=1S/C12H20N4O/c1-9(2)15-11-7-12(14-8-13-11)16-10-3-5-17-6-4-10/h7-10H,3-6H2,1-2H3,(H2,13,14,15,16). The molecule has 1 saturated heterocycles. The average molecular weight is 236 g/mol. The number of nitrogens with zero attached hydrogens (tertiary/aromatic N) is 2. The molecular weight excluding hydrogens is 216 g/mol. The van der Waals surface area contributed by atoms with Crippen LogP contribution >= 0.6 is 0 Å². The molecular formula is C12H20N4O. The van der Waals surface area contributed by atoms with Gasteiger partial charge < -0.3 is 15.4 Å². The highest BCUT2D eigenvalue weighted by molar-refractivity contribution is 5.47. The van der Waals surface area contributed by atoms with Gasteiger partial charge in [0.25, 0.3) is 0 Å². The highest BCUT2D eigenvalue weighted by atomic mass is 16.5. The van der Waals surface area contributed by atoms with E-state index in [2.05, 4.69) is 34.4 Å². The molecule has 0 aliphatic carbocycles. The molecule has 0 saturated carbocycles. The van der Waals surface area contributed by atoms with Gasteiger partial charge in [-0.25, -0.2) is 9.97 Å². The van der Waals surface area contributed by atoms with Gasteiger partial charge in [-0.05, 0) is 26.7 Å². The summed E-state index contributed by atoms with van der Waals surface area (Å²) in [7, 11) is 0. The van der Waals surface area contributed by atoms with Crippen LogP contribution in [0.25, 0.3) is 0 Å². The topological polar surface area (TPSA) is 59.1 Å². The van der Waals surface area contributed by atoms with Gasteiger partial charge in [-0.1, -0.05) is 0 Å². The van der Waals surface area contributed by atoms with E-state index >= 15 is 0 Å². The highest BCUT2D eigenvalue weighted by Crippen LogP contribution is 2.15. The van der Waals surface area contributed by atoms with Crippen molar-refractivity contribution in [3.05, 3.63) is 12.4 Å². The summed E-state index contributed by atoms with van der Waals surface area (Å²) in [5.41, 5.74) is 0. The summed E-state index contributed by atoms with van der Waals surface area (Å²) >= 11 is 0. The van der Waals surface area contributed by atoms with E-state index in [4.69, 9.17) is 4.74 Å². The fourth-order valence-electron chi connectivity index (χ4n) is 1.86. The zero-order valence-corrected chi connectivity index (χ0v) is 10.4. The third-order valence-corrected chi connectivity index (χ3v) is 2.68. The van der Waals surface area contributed by atoms with Gasteiger partial charge in [-0.3, -0.25) is 0 Å². The molecule has 1 aromatic heterocycles. The molecule has 1 fully saturated rings. The Morgan fingerprint density at radius 2 is 1.94 bits per heavy atom. The Hall–Kier alpha value is -1.36. The molecule has 0 aromatic carbocycles. The summed E-state index contributed by atoms with van der Waals surface area (Å²) in [5.74, 6) is 1.75. The van der Waals surface area contributed by atoms with Crippen molar-refractivity contribution in [1.29, 1.82) is 0 Å². The monoisotopic (exact) mass is 236 g/mol. The third kappa shape index (κ3) is 3.85. The minimum atomic E-state index is 0.376. The van der Waals surface area contributed by atoms with Gasteiger partial charge in [-0.2, -0.15) is 0 Å². The fraction of sp³-hybridized carbons (Fsp3) is 0.667. The molecule has 1 aliphatic rings. The molecule has 0 unspecified atom stereocenters. The second kappa shape index (κ2) is 5.82. The molecule has 1 aliphatic heterocycles. The van der Waals surface area contributed by atoms with Crippen LogP contribution in [0.2, 0.25) is 0 Å². The molecule has 2 N–H and O–H groups in total. The number of hydrogen-bond acceptors (Lipinski definition) is 5. The first-order valence-electron chi connectivity index (χ1n) is 6.17. The van der Waals surface area contributed by atoms with Crippen LogP contribution < -0.4 is 10.6 Å². The van der Waals surface area contributed by atoms with Crippen LogP contribution in [0.5, 0.6) is 0 Å². The van der Waals surface area contributed by atoms with E-state index in [-0.39, 0.29) is 0 Å². The minimum Gasteiger partial charge on any atom is -0.381 e. The summed E-state index contributed by atoms with van der Waals surface area (Å²) in [5, 5.41) is 6.69. The molecule has 0 spiro atoms. The molecule has 2 rings (SSSR count). The summed E-state index contributed by atoms with van der Waals surface area (Å²) in [4.78, 5) is 8.42. The maximum absolute atomic E-state index is 5.33. The second-order valence-electron chi connectivity index (χ2n) is 4.62. The van der Waals surface area contributed by atoms with Crippen molar-refractivity contribution in [2.45, 2.75) is 38.8 Å². The molecule has 0 radical (unpaired) electrons. The Morgan fingerprint density at radius 1 is 1.24 bits per heavy atom. The van der Waals surface area contributed by atoms with Crippen molar-refractivity contribution in [1.82, 2.24) is 9.97 Å². The van der Waals surface area contributed by atoms with Gasteiger partial charge in [0, 0.05) is 31.4 Å². The highest BCUT2D eigenvalue weighted by Gasteiger charge is 2.13. The summed E-state index contributed by atoms with van der Waals surface area (Å²) in [6, 6.07) is 2.79. The van der Waals surface area contributed by atoms with E-state index in [1.165, 1.54) is 0 Å². The molecule has 5 nitrogen and oxygen atoms in total. The maximum Gasteiger partial charge on any atom is 0.131 e. The fourth-order valence-corrected chi connectivity index (χ4v) is 1.86. The molecule has 5 heteroatoms. The average Bonchev–Trinajstić information content (AvgIpc) is 2.30. The Morgan fingerprint density at radius 3 is 2.65 bits per heavy atom. The van der Waals surface area contributed by atoms with E-state index in [0.717, 1.165) is 37.7 Å². The van der Waals surface area contributed by atoms with Gasteiger partial charge in [0.1, 0.15) is 18.0 Å². The number of ether oxygens (including phenoxy) is 1. The molecule has 94 valence electrons. The third-order valence-electron chi connectivity index (χ3n) is 2.68. The van der Waals surface area contributed by atoms with Crippen molar-refractivity contribution in [2.24, 2.45) is 0 Å². The normalized spacial score (nSPS) is 17.1. The van der Waals surface area contributed by atoms with E-state index < -0.39 is 0 Å². The Bertz CT molecular complexity index is 350. The summed E-state index contributed by atoms with van der Waals surface area (Å²) < 4.78 is 5.33. The van der Waals surface area contributed by atoms with E-state index in [1.54, 1.807) is 6.33 Å². The lowest BCUT2D eigenvalue weighted by Gasteiger charge is -2.23. The van der Waals surface area contributed by atoms with E-state index in [0.29, 0.717) is 12.1 Å². The van der Waals surface area contributed by atoms with Gasteiger partial charge in [0.2, 0.25) is 0 Å². The van der Waals surface area contributed by atoms with Crippen molar-refractivity contribution in [2.75, 3.05) is 23.8 Å². The van der Waals surface area contributed by atoms with Gasteiger partial charge in [-0.15, -0.1) is 0 Å². The largest absolute Gasteiger partial charge is 0.381 e. The smallest absolute Gasteiger partial charge is 0.131 e. The zero-order chi connectivity index (χ0) is 12.1. The van der Waals surface area contributed by atoms with Crippen LogP contribution in [-0.4, -0.2) is 35.3 Å². The lowest BCUT2D eigenvalue weighted by Crippen LogP contribution is -2.28. The van der Waals surface area contributed by atoms with Crippen molar-refractivity contribution in [3.8, 4) is 0 Å². The second-order valence-corrected chi connectivity index (χ2v) is 4.62. The SMILES string of the molecule is CC(C)Nc1cc(NC2CCOCC2)ncn1. The quantitative estimate of drug-likeness (QED) is 0.836. The molecule has 17 heavy (non-hydrogen) atoms. The van der Waals surface area contributed by atoms with Gasteiger partial charge in [0.15, 0.2) is 0 Å². The van der Waals surface area contributed by atoms with Crippen LogP contribution in [0.15, 0.2) is 12.4 Å². The first kappa shape index (κ1) is 12.1. The number of aromatic nitrogens is 2. The number of nitrogens with one attached hydrogen (secondary N) is 2. The van der Waals surface area contributed by atoms with E-state index in [1.807, 2.05) is 6.07 Å². The van der Waals surface area contributed by atoms with Crippen LogP contribution in [0, 0.1) is 0 Å². The Balaban J connectivity index is 1.95. The Labute approximate surface area is 102 Å². The lowest BCUT2D eigenvalue weighted by molar-refractivity contribution is 0.0904. The van der Waals surface area contributed by atoms with Crippen LogP contribution in [-0.2, 0) is 4.74 Å². The minimum absolute atomic E-state index is 0.376. The van der Waals surface area contributed by atoms with Crippen LogP contribution in [0.4, 0.5) is 11.6 Å². The first-order chi connectivity index (χ1) is 8.24. The predicted octanol–water partition coefficient (Wildman–Crippen LogP) is 1.89. The zero-order valence-electron chi connectivity index (χ0n) is 10.4. The lowest BCUT2D eigenvalue weighted by atomic mass is 10.1.